The van der Waals surface area contributed by atoms with Gasteiger partial charge in [-0.1, -0.05) is 29.5 Å². The Bertz CT molecular complexity index is 995. The van der Waals surface area contributed by atoms with Gasteiger partial charge in [0.25, 0.3) is 0 Å². The van der Waals surface area contributed by atoms with E-state index in [4.69, 9.17) is 10.2 Å². The summed E-state index contributed by atoms with van der Waals surface area (Å²) in [6.07, 6.45) is 1.68. The van der Waals surface area contributed by atoms with Gasteiger partial charge >= 0.3 is 0 Å². The lowest BCUT2D eigenvalue weighted by Crippen LogP contribution is -2.18. The van der Waals surface area contributed by atoms with E-state index in [1.165, 1.54) is 11.8 Å². The van der Waals surface area contributed by atoms with Crippen LogP contribution < -0.4 is 5.73 Å². The molecule has 3 rings (SSSR count). The SMILES string of the molecule is Cc1ccc(C)c(C(=O)C(C)Sc2nnc(-c3ccco3)n2CCC(N)=O)c1. The third-order valence-corrected chi connectivity index (χ3v) is 5.43. The first-order valence-electron chi connectivity index (χ1n) is 8.90. The Balaban J connectivity index is 1.87. The first-order chi connectivity index (χ1) is 13.4. The van der Waals surface area contributed by atoms with Crippen molar-refractivity contribution in [2.45, 2.75) is 44.1 Å². The van der Waals surface area contributed by atoms with Crippen LogP contribution in [0.2, 0.25) is 0 Å². The van der Waals surface area contributed by atoms with E-state index < -0.39 is 5.91 Å². The number of amides is 1. The third-order valence-electron chi connectivity index (χ3n) is 4.35. The minimum absolute atomic E-state index is 0.0233. The number of nitrogens with two attached hydrogens (primary N) is 1. The number of rotatable bonds is 8. The molecule has 2 N–H and O–H groups in total. The number of primary amides is 1. The van der Waals surface area contributed by atoms with Crippen LogP contribution in [0.15, 0.2) is 46.2 Å². The van der Waals surface area contributed by atoms with Crippen molar-refractivity contribution >= 4 is 23.5 Å². The van der Waals surface area contributed by atoms with Crippen molar-refractivity contribution in [2.24, 2.45) is 5.73 Å². The van der Waals surface area contributed by atoms with E-state index >= 15 is 0 Å². The Morgan fingerprint density at radius 3 is 2.71 bits per heavy atom. The van der Waals surface area contributed by atoms with Crippen molar-refractivity contribution in [2.75, 3.05) is 0 Å². The van der Waals surface area contributed by atoms with E-state index in [1.54, 1.807) is 23.0 Å². The van der Waals surface area contributed by atoms with E-state index in [9.17, 15) is 9.59 Å². The fourth-order valence-corrected chi connectivity index (χ4v) is 3.76. The van der Waals surface area contributed by atoms with Crippen LogP contribution in [-0.2, 0) is 11.3 Å². The van der Waals surface area contributed by atoms with Crippen LogP contribution in [0.5, 0.6) is 0 Å². The molecule has 1 atom stereocenters. The van der Waals surface area contributed by atoms with Crippen molar-refractivity contribution < 1.29 is 14.0 Å². The molecule has 2 aromatic heterocycles. The number of carbonyl (C=O) groups excluding carboxylic acids is 2. The Morgan fingerprint density at radius 1 is 1.25 bits per heavy atom. The average Bonchev–Trinajstić information content (AvgIpc) is 3.31. The second kappa shape index (κ2) is 8.43. The van der Waals surface area contributed by atoms with Crippen LogP contribution >= 0.6 is 11.8 Å². The molecule has 1 aromatic carbocycles. The molecule has 0 fully saturated rings. The van der Waals surface area contributed by atoms with Crippen LogP contribution in [0.25, 0.3) is 11.6 Å². The quantitative estimate of drug-likeness (QED) is 0.461. The highest BCUT2D eigenvalue weighted by atomic mass is 32.2. The number of carbonyl (C=O) groups is 2. The highest BCUT2D eigenvalue weighted by Gasteiger charge is 2.23. The van der Waals surface area contributed by atoms with E-state index in [0.29, 0.717) is 28.8 Å². The molecule has 7 nitrogen and oxygen atoms in total. The normalized spacial score (nSPS) is 12.1. The zero-order valence-corrected chi connectivity index (χ0v) is 16.8. The molecule has 0 radical (unpaired) electrons. The van der Waals surface area contributed by atoms with Gasteiger partial charge in [-0.2, -0.15) is 0 Å². The van der Waals surface area contributed by atoms with Crippen LogP contribution in [0.4, 0.5) is 0 Å². The molecule has 0 bridgehead atoms. The van der Waals surface area contributed by atoms with Crippen molar-refractivity contribution in [1.29, 1.82) is 0 Å². The summed E-state index contributed by atoms with van der Waals surface area (Å²) >= 11 is 1.30. The van der Waals surface area contributed by atoms with E-state index in [1.807, 2.05) is 39.0 Å². The molecule has 0 spiro atoms. The molecule has 1 unspecified atom stereocenters. The molecule has 0 aliphatic rings. The van der Waals surface area contributed by atoms with Gasteiger partial charge in [0.15, 0.2) is 22.5 Å². The standard InChI is InChI=1S/C20H22N4O3S/c1-12-6-7-13(2)15(11-12)18(26)14(3)28-20-23-22-19(16-5-4-10-27-16)24(20)9-8-17(21)25/h4-7,10-11,14H,8-9H2,1-3H3,(H2,21,25). The summed E-state index contributed by atoms with van der Waals surface area (Å²) in [6.45, 7) is 6.04. The number of hydrogen-bond acceptors (Lipinski definition) is 6. The minimum Gasteiger partial charge on any atom is -0.461 e. The Morgan fingerprint density at radius 2 is 2.04 bits per heavy atom. The van der Waals surface area contributed by atoms with E-state index in [2.05, 4.69) is 10.2 Å². The van der Waals surface area contributed by atoms with Crippen molar-refractivity contribution in [3.05, 3.63) is 53.3 Å². The first kappa shape index (κ1) is 19.9. The summed E-state index contributed by atoms with van der Waals surface area (Å²) in [5.41, 5.74) is 7.99. The number of ketones is 1. The molecule has 1 amide bonds. The molecule has 8 heteroatoms. The van der Waals surface area contributed by atoms with Crippen LogP contribution in [0.1, 0.15) is 34.8 Å². The topological polar surface area (TPSA) is 104 Å². The summed E-state index contributed by atoms with van der Waals surface area (Å²) in [5.74, 6) is 0.641. The van der Waals surface area contributed by atoms with Gasteiger partial charge in [0.2, 0.25) is 5.91 Å². The van der Waals surface area contributed by atoms with Gasteiger partial charge in [-0.05, 0) is 44.5 Å². The Hall–Kier alpha value is -2.87. The van der Waals surface area contributed by atoms with Crippen LogP contribution in [-0.4, -0.2) is 31.7 Å². The van der Waals surface area contributed by atoms with Crippen molar-refractivity contribution in [1.82, 2.24) is 14.8 Å². The maximum atomic E-state index is 13.0. The number of benzene rings is 1. The maximum Gasteiger partial charge on any atom is 0.219 e. The van der Waals surface area contributed by atoms with Crippen LogP contribution in [0, 0.1) is 13.8 Å². The maximum absolute atomic E-state index is 13.0. The third kappa shape index (κ3) is 4.33. The lowest BCUT2D eigenvalue weighted by molar-refractivity contribution is -0.118. The lowest BCUT2D eigenvalue weighted by atomic mass is 10.0. The predicted molar refractivity (Wildman–Crippen MR) is 107 cm³/mol. The van der Waals surface area contributed by atoms with Crippen molar-refractivity contribution in [3.63, 3.8) is 0 Å². The molecule has 3 aromatic rings. The van der Waals surface area contributed by atoms with Gasteiger partial charge < -0.3 is 10.2 Å². The number of Topliss-reactive ketones (excluding diaryl/α,β-unsaturated/α-hetero) is 1. The summed E-state index contributed by atoms with van der Waals surface area (Å²) in [5, 5.41) is 8.57. The molecular formula is C20H22N4O3S. The number of aromatic nitrogens is 3. The molecule has 146 valence electrons. The fourth-order valence-electron chi connectivity index (χ4n) is 2.82. The van der Waals surface area contributed by atoms with E-state index in [-0.39, 0.29) is 17.5 Å². The molecule has 0 saturated carbocycles. The van der Waals surface area contributed by atoms with Gasteiger partial charge in [0.05, 0.1) is 11.5 Å². The van der Waals surface area contributed by atoms with Gasteiger partial charge in [-0.25, -0.2) is 0 Å². The van der Waals surface area contributed by atoms with E-state index in [0.717, 1.165) is 11.1 Å². The monoisotopic (exact) mass is 398 g/mol. The molecule has 0 aliphatic carbocycles. The van der Waals surface area contributed by atoms with Gasteiger partial charge in [0.1, 0.15) is 0 Å². The largest absolute Gasteiger partial charge is 0.461 e. The minimum atomic E-state index is -0.422. The molecule has 0 saturated heterocycles. The van der Waals surface area contributed by atoms with Gasteiger partial charge in [0, 0.05) is 18.5 Å². The lowest BCUT2D eigenvalue weighted by Gasteiger charge is -2.13. The highest BCUT2D eigenvalue weighted by Crippen LogP contribution is 2.29. The van der Waals surface area contributed by atoms with Gasteiger partial charge in [-0.3, -0.25) is 14.2 Å². The Kier molecular flexibility index (Phi) is 5.99. The fraction of sp³-hybridized carbons (Fsp3) is 0.300. The number of nitrogens with zero attached hydrogens (tertiary/aromatic N) is 3. The molecule has 0 aliphatic heterocycles. The summed E-state index contributed by atoms with van der Waals surface area (Å²) in [6, 6.07) is 9.36. The smallest absolute Gasteiger partial charge is 0.219 e. The highest BCUT2D eigenvalue weighted by molar-refractivity contribution is 8.00. The summed E-state index contributed by atoms with van der Waals surface area (Å²) in [4.78, 5) is 24.2. The molecule has 28 heavy (non-hydrogen) atoms. The number of hydrogen-bond donors (Lipinski definition) is 1. The number of thioether (sulfide) groups is 1. The van der Waals surface area contributed by atoms with Crippen LogP contribution in [0.3, 0.4) is 0 Å². The first-order valence-corrected chi connectivity index (χ1v) is 9.78. The molecule has 2 heterocycles. The van der Waals surface area contributed by atoms with Gasteiger partial charge in [-0.15, -0.1) is 10.2 Å². The average molecular weight is 398 g/mol. The predicted octanol–water partition coefficient (Wildman–Crippen LogP) is 3.39. The summed E-state index contributed by atoms with van der Waals surface area (Å²) in [7, 11) is 0. The number of aryl methyl sites for hydroxylation is 2. The second-order valence-electron chi connectivity index (χ2n) is 6.59. The zero-order chi connectivity index (χ0) is 20.3. The molecular weight excluding hydrogens is 376 g/mol. The zero-order valence-electron chi connectivity index (χ0n) is 16.0. The summed E-state index contributed by atoms with van der Waals surface area (Å²) < 4.78 is 7.18. The Labute approximate surface area is 167 Å². The second-order valence-corrected chi connectivity index (χ2v) is 7.90. The van der Waals surface area contributed by atoms with Crippen molar-refractivity contribution in [3.8, 4) is 11.6 Å². The number of furan rings is 1.